The van der Waals surface area contributed by atoms with E-state index in [-0.39, 0.29) is 35.5 Å². The van der Waals surface area contributed by atoms with Gasteiger partial charge in [-0.25, -0.2) is 4.99 Å². The first kappa shape index (κ1) is 22.6. The van der Waals surface area contributed by atoms with Crippen molar-refractivity contribution >= 4 is 41.5 Å². The fraction of sp³-hybridized carbons (Fsp3) is 0.529. The smallest absolute Gasteiger partial charge is 0.221 e. The van der Waals surface area contributed by atoms with Gasteiger partial charge in [-0.2, -0.15) is 0 Å². The summed E-state index contributed by atoms with van der Waals surface area (Å²) in [5.41, 5.74) is 1.55. The molecule has 6 nitrogen and oxygen atoms in total. The van der Waals surface area contributed by atoms with E-state index in [1.54, 1.807) is 7.11 Å². The molecular weight excluding hydrogens is 419 g/mol. The van der Waals surface area contributed by atoms with Crippen molar-refractivity contribution in [1.82, 2.24) is 10.6 Å². The summed E-state index contributed by atoms with van der Waals surface area (Å²) in [6.07, 6.45) is 0. The molecule has 0 aliphatic heterocycles. The number of benzene rings is 1. The normalized spacial score (nSPS) is 11.5. The van der Waals surface area contributed by atoms with Crippen LogP contribution in [-0.2, 0) is 16.1 Å². The molecule has 7 heteroatoms. The molecule has 0 bridgehead atoms. The zero-order valence-corrected chi connectivity index (χ0v) is 17.4. The van der Waals surface area contributed by atoms with Crippen LogP contribution in [0.3, 0.4) is 0 Å². The van der Waals surface area contributed by atoms with E-state index in [0.717, 1.165) is 23.8 Å². The molecule has 1 aromatic carbocycles. The van der Waals surface area contributed by atoms with Gasteiger partial charge in [0.15, 0.2) is 5.96 Å². The van der Waals surface area contributed by atoms with Gasteiger partial charge in [0.2, 0.25) is 5.91 Å². The van der Waals surface area contributed by atoms with Gasteiger partial charge in [-0.1, -0.05) is 12.1 Å². The number of nitrogens with zero attached hydrogens (tertiary/aromatic N) is 1. The van der Waals surface area contributed by atoms with E-state index in [2.05, 4.69) is 20.9 Å². The zero-order valence-electron chi connectivity index (χ0n) is 15.1. The minimum atomic E-state index is -0.262. The molecule has 1 aromatic rings. The van der Waals surface area contributed by atoms with E-state index < -0.39 is 0 Å². The second-order valence-electron chi connectivity index (χ2n) is 5.89. The standard InChI is InChI=1S/C17H28N4O2.HI/c1-6-18-16(20-12-17(3,4)23-5)19-11-14-8-7-9-15(10-14)21-13(2)22;/h7-10H,6,11-12H2,1-5H3,(H,21,22)(H2,18,19,20);1H. The summed E-state index contributed by atoms with van der Waals surface area (Å²) >= 11 is 0. The lowest BCUT2D eigenvalue weighted by atomic mass is 10.1. The fourth-order valence-corrected chi connectivity index (χ4v) is 1.83. The molecular formula is C17H29IN4O2. The molecule has 136 valence electrons. The molecule has 0 saturated carbocycles. The molecule has 0 spiro atoms. The third-order valence-corrected chi connectivity index (χ3v) is 3.25. The second-order valence-corrected chi connectivity index (χ2v) is 5.89. The average Bonchev–Trinajstić information content (AvgIpc) is 2.50. The number of hydrogen-bond acceptors (Lipinski definition) is 3. The van der Waals surface area contributed by atoms with Gasteiger partial charge in [-0.05, 0) is 38.5 Å². The Kier molecular flexibility index (Phi) is 10.6. The van der Waals surface area contributed by atoms with E-state index in [4.69, 9.17) is 4.74 Å². The van der Waals surface area contributed by atoms with Crippen LogP contribution >= 0.6 is 24.0 Å². The van der Waals surface area contributed by atoms with Gasteiger partial charge < -0.3 is 20.7 Å². The average molecular weight is 448 g/mol. The molecule has 0 saturated heterocycles. The predicted octanol–water partition coefficient (Wildman–Crippen LogP) is 2.74. The molecule has 0 aromatic heterocycles. The van der Waals surface area contributed by atoms with E-state index in [1.807, 2.05) is 45.0 Å². The quantitative estimate of drug-likeness (QED) is 0.341. The number of halogens is 1. The summed E-state index contributed by atoms with van der Waals surface area (Å²) in [5, 5.41) is 9.26. The number of nitrogens with one attached hydrogen (secondary N) is 3. The summed E-state index contributed by atoms with van der Waals surface area (Å²) in [4.78, 5) is 15.7. The highest BCUT2D eigenvalue weighted by Gasteiger charge is 2.16. The van der Waals surface area contributed by atoms with Crippen molar-refractivity contribution in [3.8, 4) is 0 Å². The lowest BCUT2D eigenvalue weighted by Gasteiger charge is -2.24. The number of aliphatic imine (C=N–C) groups is 1. The summed E-state index contributed by atoms with van der Waals surface area (Å²) in [5.74, 6) is 0.657. The summed E-state index contributed by atoms with van der Waals surface area (Å²) < 4.78 is 5.40. The maximum absolute atomic E-state index is 11.1. The number of rotatable bonds is 7. The maximum atomic E-state index is 11.1. The minimum Gasteiger partial charge on any atom is -0.377 e. The Balaban J connectivity index is 0.00000529. The van der Waals surface area contributed by atoms with Crippen molar-refractivity contribution < 1.29 is 9.53 Å². The van der Waals surface area contributed by atoms with Crippen LogP contribution in [0.5, 0.6) is 0 Å². The number of ether oxygens (including phenoxy) is 1. The van der Waals surface area contributed by atoms with Crippen LogP contribution in [0.25, 0.3) is 0 Å². The number of guanidine groups is 1. The Bertz CT molecular complexity index is 547. The minimum absolute atomic E-state index is 0. The maximum Gasteiger partial charge on any atom is 0.221 e. The van der Waals surface area contributed by atoms with Gasteiger partial charge in [0, 0.05) is 32.8 Å². The van der Waals surface area contributed by atoms with Crippen LogP contribution < -0.4 is 16.0 Å². The monoisotopic (exact) mass is 448 g/mol. The Morgan fingerprint density at radius 1 is 1.29 bits per heavy atom. The Morgan fingerprint density at radius 3 is 2.58 bits per heavy atom. The number of carbonyl (C=O) groups is 1. The lowest BCUT2D eigenvalue weighted by Crippen LogP contribution is -2.45. The molecule has 0 unspecified atom stereocenters. The lowest BCUT2D eigenvalue weighted by molar-refractivity contribution is -0.114. The first-order valence-corrected chi connectivity index (χ1v) is 7.80. The molecule has 0 heterocycles. The summed E-state index contributed by atoms with van der Waals surface area (Å²) in [6.45, 7) is 9.51. The third kappa shape index (κ3) is 9.07. The van der Waals surface area contributed by atoms with Gasteiger partial charge in [0.25, 0.3) is 0 Å². The topological polar surface area (TPSA) is 74.8 Å². The molecule has 0 atom stereocenters. The van der Waals surface area contributed by atoms with Crippen LogP contribution in [0, 0.1) is 0 Å². The summed E-state index contributed by atoms with van der Waals surface area (Å²) in [6, 6.07) is 7.68. The first-order chi connectivity index (χ1) is 10.9. The summed E-state index contributed by atoms with van der Waals surface area (Å²) in [7, 11) is 1.69. The highest BCUT2D eigenvalue weighted by Crippen LogP contribution is 2.11. The van der Waals surface area contributed by atoms with Gasteiger partial charge in [0.1, 0.15) is 0 Å². The largest absolute Gasteiger partial charge is 0.377 e. The molecule has 0 radical (unpaired) electrons. The van der Waals surface area contributed by atoms with Crippen molar-refractivity contribution in [2.45, 2.75) is 39.8 Å². The van der Waals surface area contributed by atoms with Crippen molar-refractivity contribution in [3.63, 3.8) is 0 Å². The van der Waals surface area contributed by atoms with Crippen LogP contribution in [-0.4, -0.2) is 37.7 Å². The van der Waals surface area contributed by atoms with Gasteiger partial charge in [-0.15, -0.1) is 24.0 Å². The number of anilines is 1. The van der Waals surface area contributed by atoms with E-state index >= 15 is 0 Å². The number of hydrogen-bond donors (Lipinski definition) is 3. The second kappa shape index (κ2) is 11.2. The first-order valence-electron chi connectivity index (χ1n) is 7.80. The van der Waals surface area contributed by atoms with E-state index in [1.165, 1.54) is 6.92 Å². The Labute approximate surface area is 161 Å². The van der Waals surface area contributed by atoms with Gasteiger partial charge in [0.05, 0.1) is 12.1 Å². The van der Waals surface area contributed by atoms with Crippen LogP contribution in [0.2, 0.25) is 0 Å². The molecule has 1 rings (SSSR count). The number of carbonyl (C=O) groups excluding carboxylic acids is 1. The SMILES string of the molecule is CCNC(=NCc1cccc(NC(C)=O)c1)NCC(C)(C)OC.I. The molecule has 3 N–H and O–H groups in total. The molecule has 1 amide bonds. The highest BCUT2D eigenvalue weighted by atomic mass is 127. The molecule has 24 heavy (non-hydrogen) atoms. The van der Waals surface area contributed by atoms with Crippen LogP contribution in [0.4, 0.5) is 5.69 Å². The van der Waals surface area contributed by atoms with Crippen LogP contribution in [0.1, 0.15) is 33.3 Å². The Hall–Kier alpha value is -1.35. The van der Waals surface area contributed by atoms with Gasteiger partial charge >= 0.3 is 0 Å². The Morgan fingerprint density at radius 2 is 2.00 bits per heavy atom. The molecule has 0 aliphatic carbocycles. The van der Waals surface area contributed by atoms with E-state index in [9.17, 15) is 4.79 Å². The molecule has 0 aliphatic rings. The predicted molar refractivity (Wildman–Crippen MR) is 110 cm³/mol. The van der Waals surface area contributed by atoms with Crippen molar-refractivity contribution in [1.29, 1.82) is 0 Å². The van der Waals surface area contributed by atoms with Crippen molar-refractivity contribution in [2.24, 2.45) is 4.99 Å². The van der Waals surface area contributed by atoms with Gasteiger partial charge in [-0.3, -0.25) is 4.79 Å². The van der Waals surface area contributed by atoms with E-state index in [0.29, 0.717) is 13.1 Å². The molecule has 0 fully saturated rings. The fourth-order valence-electron chi connectivity index (χ4n) is 1.83. The third-order valence-electron chi connectivity index (χ3n) is 3.25. The van der Waals surface area contributed by atoms with Crippen molar-refractivity contribution in [3.05, 3.63) is 29.8 Å². The van der Waals surface area contributed by atoms with Crippen LogP contribution in [0.15, 0.2) is 29.3 Å². The highest BCUT2D eigenvalue weighted by molar-refractivity contribution is 14.0. The number of amides is 1. The zero-order chi connectivity index (χ0) is 17.3. The van der Waals surface area contributed by atoms with Crippen molar-refractivity contribution in [2.75, 3.05) is 25.5 Å². The number of methoxy groups -OCH3 is 1.